The van der Waals surface area contributed by atoms with Crippen LogP contribution >= 0.6 is 0 Å². The van der Waals surface area contributed by atoms with E-state index < -0.39 is 17.5 Å². The third-order valence-corrected chi connectivity index (χ3v) is 3.02. The second kappa shape index (κ2) is 5.91. The van der Waals surface area contributed by atoms with E-state index >= 15 is 0 Å². The van der Waals surface area contributed by atoms with Gasteiger partial charge in [-0.3, -0.25) is 14.8 Å². The second-order valence-electron chi connectivity index (χ2n) is 4.35. The number of aliphatic hydroxyl groups is 1. The molecule has 1 rings (SSSR count). The van der Waals surface area contributed by atoms with Crippen molar-refractivity contribution in [2.45, 2.75) is 39.7 Å². The zero-order valence-corrected chi connectivity index (χ0v) is 11.3. The number of nitrogens with zero attached hydrogens (tertiary/aromatic N) is 2. The summed E-state index contributed by atoms with van der Waals surface area (Å²) < 4.78 is 5.00. The Kier molecular flexibility index (Phi) is 4.78. The van der Waals surface area contributed by atoms with Gasteiger partial charge in [-0.25, -0.2) is 0 Å². The maximum absolute atomic E-state index is 11.9. The molecule has 0 saturated carbocycles. The molecule has 2 atom stereocenters. The molecule has 1 heterocycles. The van der Waals surface area contributed by atoms with Gasteiger partial charge in [-0.1, -0.05) is 6.92 Å². The summed E-state index contributed by atoms with van der Waals surface area (Å²) in [5.74, 6) is -1.05. The van der Waals surface area contributed by atoms with E-state index in [0.717, 1.165) is 0 Å². The van der Waals surface area contributed by atoms with Crippen LogP contribution in [0.15, 0.2) is 12.4 Å². The largest absolute Gasteiger partial charge is 0.466 e. The molecule has 0 fully saturated rings. The number of carbonyl (C=O) groups is 1. The quantitative estimate of drug-likeness (QED) is 0.805. The first-order valence-corrected chi connectivity index (χ1v) is 6.12. The molecule has 18 heavy (non-hydrogen) atoms. The average Bonchev–Trinajstić information content (AvgIpc) is 2.30. The third kappa shape index (κ3) is 2.85. The van der Waals surface area contributed by atoms with Gasteiger partial charge >= 0.3 is 5.97 Å². The first-order chi connectivity index (χ1) is 8.45. The monoisotopic (exact) mass is 252 g/mol. The lowest BCUT2D eigenvalue weighted by Gasteiger charge is -2.30. The van der Waals surface area contributed by atoms with Crippen LogP contribution in [0.25, 0.3) is 0 Å². The normalized spacial score (nSPS) is 15.8. The maximum atomic E-state index is 11.9. The lowest BCUT2D eigenvalue weighted by atomic mass is 9.83. The van der Waals surface area contributed by atoms with Crippen LogP contribution in [0, 0.1) is 12.8 Å². The van der Waals surface area contributed by atoms with Crippen LogP contribution < -0.4 is 0 Å². The summed E-state index contributed by atoms with van der Waals surface area (Å²) in [6.07, 6.45) is 3.54. The molecule has 0 bridgehead atoms. The fourth-order valence-electron chi connectivity index (χ4n) is 2.11. The van der Waals surface area contributed by atoms with Gasteiger partial charge in [-0.15, -0.1) is 0 Å². The van der Waals surface area contributed by atoms with Gasteiger partial charge < -0.3 is 9.84 Å². The van der Waals surface area contributed by atoms with Crippen molar-refractivity contribution < 1.29 is 14.6 Å². The summed E-state index contributed by atoms with van der Waals surface area (Å²) in [7, 11) is 0. The summed E-state index contributed by atoms with van der Waals surface area (Å²) in [6.45, 7) is 7.21. The lowest BCUT2D eigenvalue weighted by molar-refractivity contribution is -0.158. The van der Waals surface area contributed by atoms with Crippen LogP contribution in [-0.4, -0.2) is 27.7 Å². The van der Waals surface area contributed by atoms with Crippen molar-refractivity contribution >= 4 is 5.97 Å². The molecule has 5 nitrogen and oxygen atoms in total. The molecule has 0 amide bonds. The fraction of sp³-hybridized carbons (Fsp3) is 0.615. The molecule has 1 aromatic rings. The highest BCUT2D eigenvalue weighted by atomic mass is 16.5. The summed E-state index contributed by atoms with van der Waals surface area (Å²) in [5, 5.41) is 10.6. The van der Waals surface area contributed by atoms with Crippen molar-refractivity contribution in [1.29, 1.82) is 0 Å². The summed E-state index contributed by atoms with van der Waals surface area (Å²) in [4.78, 5) is 20.1. The Morgan fingerprint density at radius 3 is 2.56 bits per heavy atom. The number of aryl methyl sites for hydroxylation is 1. The van der Waals surface area contributed by atoms with Crippen molar-refractivity contribution in [3.05, 3.63) is 23.8 Å². The number of carbonyl (C=O) groups excluding carboxylic acids is 1. The molecule has 0 spiro atoms. The van der Waals surface area contributed by atoms with Crippen LogP contribution in [0.3, 0.4) is 0 Å². The highest BCUT2D eigenvalue weighted by Gasteiger charge is 2.41. The molecular formula is C13H20N2O3. The fourth-order valence-corrected chi connectivity index (χ4v) is 2.11. The Balaban J connectivity index is 3.10. The highest BCUT2D eigenvalue weighted by Crippen LogP contribution is 2.32. The summed E-state index contributed by atoms with van der Waals surface area (Å²) in [6, 6.07) is 0. The van der Waals surface area contributed by atoms with Crippen LogP contribution in [0.1, 0.15) is 38.6 Å². The molecule has 0 aliphatic rings. The molecule has 0 radical (unpaired) electrons. The Labute approximate surface area is 107 Å². The molecule has 0 saturated heterocycles. The second-order valence-corrected chi connectivity index (χ2v) is 4.35. The van der Waals surface area contributed by atoms with Gasteiger partial charge in [-0.05, 0) is 27.2 Å². The zero-order valence-electron chi connectivity index (χ0n) is 11.3. The first-order valence-electron chi connectivity index (χ1n) is 6.12. The lowest BCUT2D eigenvalue weighted by Crippen LogP contribution is -2.39. The number of rotatable bonds is 5. The minimum absolute atomic E-state index is 0.296. The predicted molar refractivity (Wildman–Crippen MR) is 66.8 cm³/mol. The summed E-state index contributed by atoms with van der Waals surface area (Å²) in [5.41, 5.74) is -0.338. The van der Waals surface area contributed by atoms with E-state index in [0.29, 0.717) is 24.4 Å². The van der Waals surface area contributed by atoms with Gasteiger partial charge in [0.15, 0.2) is 0 Å². The Hall–Kier alpha value is -1.49. The topological polar surface area (TPSA) is 72.3 Å². The SMILES string of the molecule is CCOC(=O)C(CC)C(C)(O)c1nccnc1C. The number of hydrogen-bond acceptors (Lipinski definition) is 5. The van der Waals surface area contributed by atoms with Crippen molar-refractivity contribution in [1.82, 2.24) is 9.97 Å². The van der Waals surface area contributed by atoms with E-state index in [1.165, 1.54) is 6.20 Å². The van der Waals surface area contributed by atoms with Crippen molar-refractivity contribution in [3.8, 4) is 0 Å². The van der Waals surface area contributed by atoms with E-state index in [2.05, 4.69) is 9.97 Å². The van der Waals surface area contributed by atoms with Crippen LogP contribution in [0.2, 0.25) is 0 Å². The van der Waals surface area contributed by atoms with E-state index in [1.54, 1.807) is 27.0 Å². The number of ether oxygens (including phenoxy) is 1. The highest BCUT2D eigenvalue weighted by molar-refractivity contribution is 5.74. The average molecular weight is 252 g/mol. The Morgan fingerprint density at radius 2 is 2.06 bits per heavy atom. The third-order valence-electron chi connectivity index (χ3n) is 3.02. The van der Waals surface area contributed by atoms with E-state index in [-0.39, 0.29) is 0 Å². The molecule has 2 unspecified atom stereocenters. The van der Waals surface area contributed by atoms with Crippen molar-refractivity contribution in [2.75, 3.05) is 6.61 Å². The molecule has 5 heteroatoms. The van der Waals surface area contributed by atoms with Crippen LogP contribution in [0.5, 0.6) is 0 Å². The molecule has 1 aromatic heterocycles. The van der Waals surface area contributed by atoms with Crippen molar-refractivity contribution in [2.24, 2.45) is 5.92 Å². The number of hydrogen-bond donors (Lipinski definition) is 1. The van der Waals surface area contributed by atoms with Gasteiger partial charge in [0, 0.05) is 12.4 Å². The zero-order chi connectivity index (χ0) is 13.8. The predicted octanol–water partition coefficient (Wildman–Crippen LogP) is 1.58. The van der Waals surface area contributed by atoms with Crippen LogP contribution in [0.4, 0.5) is 0 Å². The van der Waals surface area contributed by atoms with Gasteiger partial charge in [-0.2, -0.15) is 0 Å². The minimum atomic E-state index is -1.38. The minimum Gasteiger partial charge on any atom is -0.466 e. The number of aromatic nitrogens is 2. The molecule has 0 aliphatic heterocycles. The maximum Gasteiger partial charge on any atom is 0.312 e. The van der Waals surface area contributed by atoms with Crippen LogP contribution in [-0.2, 0) is 15.1 Å². The van der Waals surface area contributed by atoms with Gasteiger partial charge in [0.05, 0.1) is 23.9 Å². The number of esters is 1. The standard InChI is InChI=1S/C13H20N2O3/c1-5-10(12(16)18-6-2)13(4,17)11-9(3)14-7-8-15-11/h7-8,10,17H,5-6H2,1-4H3. The molecular weight excluding hydrogens is 232 g/mol. The van der Waals surface area contributed by atoms with Gasteiger partial charge in [0.2, 0.25) is 0 Å². The molecule has 0 aliphatic carbocycles. The smallest absolute Gasteiger partial charge is 0.312 e. The van der Waals surface area contributed by atoms with Gasteiger partial charge in [0.1, 0.15) is 5.60 Å². The molecule has 1 N–H and O–H groups in total. The first kappa shape index (κ1) is 14.6. The van der Waals surface area contributed by atoms with E-state index in [9.17, 15) is 9.90 Å². The molecule has 0 aromatic carbocycles. The molecule has 100 valence electrons. The Morgan fingerprint density at radius 1 is 1.44 bits per heavy atom. The van der Waals surface area contributed by atoms with E-state index in [1.807, 2.05) is 6.92 Å². The van der Waals surface area contributed by atoms with Gasteiger partial charge in [0.25, 0.3) is 0 Å². The summed E-state index contributed by atoms with van der Waals surface area (Å²) >= 11 is 0. The van der Waals surface area contributed by atoms with Crippen molar-refractivity contribution in [3.63, 3.8) is 0 Å². The van der Waals surface area contributed by atoms with E-state index in [4.69, 9.17) is 4.74 Å². The Bertz CT molecular complexity index is 418.